The maximum absolute atomic E-state index is 11.7. The summed E-state index contributed by atoms with van der Waals surface area (Å²) in [4.78, 5) is 14.0. The minimum Gasteiger partial charge on any atom is -0.390 e. The highest BCUT2D eigenvalue weighted by Crippen LogP contribution is 2.15. The molecule has 0 saturated carbocycles. The molecule has 0 spiro atoms. The van der Waals surface area contributed by atoms with Crippen molar-refractivity contribution < 1.29 is 9.90 Å². The van der Waals surface area contributed by atoms with Gasteiger partial charge in [0.05, 0.1) is 6.10 Å². The molecule has 1 amide bonds. The van der Waals surface area contributed by atoms with E-state index in [2.05, 4.69) is 22.2 Å². The number of aryl methyl sites for hydroxylation is 1. The Hall–Kier alpha value is -1.40. The van der Waals surface area contributed by atoms with E-state index < -0.39 is 6.10 Å². The van der Waals surface area contributed by atoms with Gasteiger partial charge in [0.1, 0.15) is 0 Å². The van der Waals surface area contributed by atoms with Crippen molar-refractivity contribution in [3.8, 4) is 0 Å². The lowest BCUT2D eigenvalue weighted by molar-refractivity contribution is -0.121. The van der Waals surface area contributed by atoms with Crippen LogP contribution in [0.4, 0.5) is 0 Å². The second kappa shape index (κ2) is 8.14. The molecular weight excluding hydrogens is 268 g/mol. The summed E-state index contributed by atoms with van der Waals surface area (Å²) in [5.74, 6) is 0.747. The first-order valence-corrected chi connectivity index (χ1v) is 7.78. The van der Waals surface area contributed by atoms with E-state index in [9.17, 15) is 9.90 Å². The summed E-state index contributed by atoms with van der Waals surface area (Å²) >= 11 is 0. The van der Waals surface area contributed by atoms with Crippen LogP contribution in [-0.4, -0.2) is 58.0 Å². The maximum Gasteiger partial charge on any atom is 0.221 e. The highest BCUT2D eigenvalue weighted by atomic mass is 16.3. The monoisotopic (exact) mass is 294 g/mol. The number of amides is 1. The van der Waals surface area contributed by atoms with E-state index in [1.165, 1.54) is 12.8 Å². The Morgan fingerprint density at radius 3 is 2.90 bits per heavy atom. The fourth-order valence-corrected chi connectivity index (χ4v) is 2.58. The van der Waals surface area contributed by atoms with Gasteiger partial charge in [0.15, 0.2) is 0 Å². The van der Waals surface area contributed by atoms with Gasteiger partial charge >= 0.3 is 0 Å². The van der Waals surface area contributed by atoms with Gasteiger partial charge in [0.2, 0.25) is 5.91 Å². The van der Waals surface area contributed by atoms with Crippen molar-refractivity contribution in [1.82, 2.24) is 20.0 Å². The number of β-amino-alcohol motifs (C(OH)–C–C–N with tert-alkyl or cyclic N) is 1. The zero-order valence-electron chi connectivity index (χ0n) is 12.7. The number of piperidine rings is 1. The summed E-state index contributed by atoms with van der Waals surface area (Å²) in [6.07, 6.45) is 5.81. The SMILES string of the molecule is CC1CCN(CC(O)CNC(=O)CCn2cccn2)CC1. The Labute approximate surface area is 126 Å². The second-order valence-electron chi connectivity index (χ2n) is 5.96. The van der Waals surface area contributed by atoms with Crippen LogP contribution >= 0.6 is 0 Å². The predicted molar refractivity (Wildman–Crippen MR) is 80.7 cm³/mol. The van der Waals surface area contributed by atoms with Crippen LogP contribution in [0, 0.1) is 5.92 Å². The van der Waals surface area contributed by atoms with Gasteiger partial charge in [-0.15, -0.1) is 0 Å². The van der Waals surface area contributed by atoms with E-state index >= 15 is 0 Å². The van der Waals surface area contributed by atoms with Gasteiger partial charge < -0.3 is 15.3 Å². The van der Waals surface area contributed by atoms with Crippen molar-refractivity contribution in [2.75, 3.05) is 26.2 Å². The van der Waals surface area contributed by atoms with Crippen molar-refractivity contribution in [2.24, 2.45) is 5.92 Å². The average Bonchev–Trinajstić information content (AvgIpc) is 2.99. The first kappa shape index (κ1) is 16.0. The van der Waals surface area contributed by atoms with E-state index in [0.717, 1.165) is 19.0 Å². The number of aliphatic hydroxyl groups is 1. The Bertz CT molecular complexity index is 413. The lowest BCUT2D eigenvalue weighted by atomic mass is 9.99. The number of hydrogen-bond acceptors (Lipinski definition) is 4. The molecular formula is C15H26N4O2. The predicted octanol–water partition coefficient (Wildman–Crippen LogP) is 0.482. The zero-order valence-corrected chi connectivity index (χ0v) is 12.7. The minimum atomic E-state index is -0.493. The molecule has 118 valence electrons. The largest absolute Gasteiger partial charge is 0.390 e. The zero-order chi connectivity index (χ0) is 15.1. The molecule has 2 rings (SSSR count). The summed E-state index contributed by atoms with van der Waals surface area (Å²) in [5, 5.41) is 16.8. The maximum atomic E-state index is 11.7. The third-order valence-electron chi connectivity index (χ3n) is 4.01. The molecule has 1 unspecified atom stereocenters. The number of aliphatic hydroxyl groups excluding tert-OH is 1. The van der Waals surface area contributed by atoms with Crippen LogP contribution in [-0.2, 0) is 11.3 Å². The molecule has 0 aliphatic carbocycles. The second-order valence-corrected chi connectivity index (χ2v) is 5.96. The van der Waals surface area contributed by atoms with Crippen molar-refractivity contribution in [1.29, 1.82) is 0 Å². The van der Waals surface area contributed by atoms with Crippen molar-refractivity contribution in [3.05, 3.63) is 18.5 Å². The minimum absolute atomic E-state index is 0.0446. The van der Waals surface area contributed by atoms with Crippen LogP contribution in [0.15, 0.2) is 18.5 Å². The molecule has 0 aromatic carbocycles. The number of carbonyl (C=O) groups is 1. The molecule has 6 heteroatoms. The standard InChI is InChI=1S/C15H26N4O2/c1-13-3-8-18(9-4-13)12-14(20)11-16-15(21)5-10-19-7-2-6-17-19/h2,6-7,13-14,20H,3-5,8-12H2,1H3,(H,16,21). The number of hydrogen-bond donors (Lipinski definition) is 2. The van der Waals surface area contributed by atoms with Crippen LogP contribution in [0.5, 0.6) is 0 Å². The average molecular weight is 294 g/mol. The molecule has 1 fully saturated rings. The fourth-order valence-electron chi connectivity index (χ4n) is 2.58. The molecule has 1 aromatic heterocycles. The van der Waals surface area contributed by atoms with E-state index in [0.29, 0.717) is 26.1 Å². The molecule has 1 aliphatic rings. The summed E-state index contributed by atoms with van der Waals surface area (Å²) in [6.45, 7) is 5.90. The van der Waals surface area contributed by atoms with E-state index in [4.69, 9.17) is 0 Å². The van der Waals surface area contributed by atoms with Crippen LogP contribution < -0.4 is 5.32 Å². The van der Waals surface area contributed by atoms with Gasteiger partial charge in [-0.1, -0.05) is 6.92 Å². The topological polar surface area (TPSA) is 70.4 Å². The van der Waals surface area contributed by atoms with Gasteiger partial charge in [-0.3, -0.25) is 9.48 Å². The highest BCUT2D eigenvalue weighted by molar-refractivity contribution is 5.75. The van der Waals surface area contributed by atoms with E-state index in [1.54, 1.807) is 10.9 Å². The van der Waals surface area contributed by atoms with Crippen molar-refractivity contribution in [2.45, 2.75) is 38.8 Å². The Balaban J connectivity index is 1.57. The third-order valence-corrected chi connectivity index (χ3v) is 4.01. The van der Waals surface area contributed by atoms with Crippen LogP contribution in [0.25, 0.3) is 0 Å². The molecule has 6 nitrogen and oxygen atoms in total. The number of nitrogens with one attached hydrogen (secondary N) is 1. The lowest BCUT2D eigenvalue weighted by Gasteiger charge is -2.31. The third kappa shape index (κ3) is 5.85. The Morgan fingerprint density at radius 1 is 1.48 bits per heavy atom. The smallest absolute Gasteiger partial charge is 0.221 e. The molecule has 0 radical (unpaired) electrons. The molecule has 1 atom stereocenters. The van der Waals surface area contributed by atoms with Gasteiger partial charge in [-0.2, -0.15) is 5.10 Å². The van der Waals surface area contributed by atoms with Gasteiger partial charge in [-0.25, -0.2) is 0 Å². The quantitative estimate of drug-likeness (QED) is 0.767. The number of likely N-dealkylation sites (tertiary alicyclic amines) is 1. The van der Waals surface area contributed by atoms with E-state index in [-0.39, 0.29) is 5.91 Å². The summed E-state index contributed by atoms with van der Waals surface area (Å²) < 4.78 is 1.73. The number of aromatic nitrogens is 2. The van der Waals surface area contributed by atoms with Crippen LogP contribution in [0.1, 0.15) is 26.2 Å². The first-order valence-electron chi connectivity index (χ1n) is 7.78. The summed E-state index contributed by atoms with van der Waals surface area (Å²) in [7, 11) is 0. The molecule has 1 aromatic rings. The number of rotatable bonds is 7. The molecule has 1 saturated heterocycles. The summed E-state index contributed by atoms with van der Waals surface area (Å²) in [5.41, 5.74) is 0. The molecule has 2 heterocycles. The Morgan fingerprint density at radius 2 is 2.24 bits per heavy atom. The number of nitrogens with zero attached hydrogens (tertiary/aromatic N) is 3. The van der Waals surface area contributed by atoms with Crippen molar-refractivity contribution >= 4 is 5.91 Å². The molecule has 1 aliphatic heterocycles. The van der Waals surface area contributed by atoms with Crippen LogP contribution in [0.2, 0.25) is 0 Å². The molecule has 21 heavy (non-hydrogen) atoms. The van der Waals surface area contributed by atoms with Crippen molar-refractivity contribution in [3.63, 3.8) is 0 Å². The molecule has 2 N–H and O–H groups in total. The highest BCUT2D eigenvalue weighted by Gasteiger charge is 2.18. The van der Waals surface area contributed by atoms with Gasteiger partial charge in [0.25, 0.3) is 0 Å². The van der Waals surface area contributed by atoms with Gasteiger partial charge in [-0.05, 0) is 37.9 Å². The van der Waals surface area contributed by atoms with Crippen LogP contribution in [0.3, 0.4) is 0 Å². The Kier molecular flexibility index (Phi) is 6.20. The summed E-state index contributed by atoms with van der Waals surface area (Å²) in [6, 6.07) is 1.83. The van der Waals surface area contributed by atoms with Gasteiger partial charge in [0, 0.05) is 38.4 Å². The lowest BCUT2D eigenvalue weighted by Crippen LogP contribution is -2.43. The normalized spacial score (nSPS) is 18.6. The number of carbonyl (C=O) groups excluding carboxylic acids is 1. The molecule has 0 bridgehead atoms. The first-order chi connectivity index (χ1) is 10.1. The fraction of sp³-hybridized carbons (Fsp3) is 0.733. The van der Waals surface area contributed by atoms with E-state index in [1.807, 2.05) is 12.3 Å².